The van der Waals surface area contributed by atoms with E-state index >= 15 is 0 Å². The first-order valence-corrected chi connectivity index (χ1v) is 7.11. The maximum Gasteiger partial charge on any atom is 0.335 e. The number of nitrogens with zero attached hydrogens (tertiary/aromatic N) is 3. The number of hydrogen-bond donors (Lipinski definition) is 1. The van der Waals surface area contributed by atoms with Crippen molar-refractivity contribution in [3.8, 4) is 0 Å². The molecule has 1 saturated heterocycles. The van der Waals surface area contributed by atoms with Gasteiger partial charge in [-0.15, -0.1) is 0 Å². The molecule has 0 saturated carbocycles. The second-order valence-corrected chi connectivity index (χ2v) is 5.53. The third kappa shape index (κ3) is 3.07. The fourth-order valence-electron chi connectivity index (χ4n) is 2.64. The maximum absolute atomic E-state index is 12.2. The predicted octanol–water partition coefficient (Wildman–Crippen LogP) is 0.912. The summed E-state index contributed by atoms with van der Waals surface area (Å²) < 4.78 is 6.97. The average Bonchev–Trinajstić information content (AvgIpc) is 2.88. The molecule has 2 heterocycles. The van der Waals surface area contributed by atoms with Crippen LogP contribution in [0, 0.1) is 5.92 Å². The third-order valence-electron chi connectivity index (χ3n) is 3.49. The van der Waals surface area contributed by atoms with Crippen molar-refractivity contribution in [3.05, 3.63) is 18.0 Å². The summed E-state index contributed by atoms with van der Waals surface area (Å²) in [6.45, 7) is 6.81. The van der Waals surface area contributed by atoms with Gasteiger partial charge >= 0.3 is 5.97 Å². The van der Waals surface area contributed by atoms with E-state index in [2.05, 4.69) is 5.10 Å². The second-order valence-electron chi connectivity index (χ2n) is 5.53. The first-order chi connectivity index (χ1) is 9.95. The molecular weight excluding hydrogens is 274 g/mol. The van der Waals surface area contributed by atoms with E-state index in [9.17, 15) is 14.7 Å². The minimum absolute atomic E-state index is 0.185. The molecule has 1 aromatic heterocycles. The fourth-order valence-corrected chi connectivity index (χ4v) is 2.64. The molecule has 21 heavy (non-hydrogen) atoms. The van der Waals surface area contributed by atoms with Gasteiger partial charge in [0.25, 0.3) is 0 Å². The zero-order chi connectivity index (χ0) is 15.6. The molecule has 1 N–H and O–H groups in total. The lowest BCUT2D eigenvalue weighted by atomic mass is 10.0. The van der Waals surface area contributed by atoms with Crippen LogP contribution in [0.15, 0.2) is 12.3 Å². The van der Waals surface area contributed by atoms with Crippen molar-refractivity contribution in [2.24, 2.45) is 5.92 Å². The Labute approximate surface area is 123 Å². The van der Waals surface area contributed by atoms with Crippen LogP contribution in [0.3, 0.4) is 0 Å². The average molecular weight is 295 g/mol. The summed E-state index contributed by atoms with van der Waals surface area (Å²) >= 11 is 0. The highest BCUT2D eigenvalue weighted by atomic mass is 16.5. The van der Waals surface area contributed by atoms with Crippen LogP contribution in [-0.2, 0) is 20.9 Å². The number of ether oxygens (including phenoxy) is 1. The molecule has 2 unspecified atom stereocenters. The standard InChI is InChI=1S/C14H21N3O4/c1-4-17-10(5-6-15-17)12-13(14(19)20)21-8-11(18)16(12)7-9(2)3/h5-6,9,12-13H,4,7-8H2,1-3H3,(H,19,20). The van der Waals surface area contributed by atoms with E-state index in [0.29, 0.717) is 18.8 Å². The van der Waals surface area contributed by atoms with E-state index in [1.807, 2.05) is 20.8 Å². The van der Waals surface area contributed by atoms with Crippen LogP contribution >= 0.6 is 0 Å². The molecule has 0 spiro atoms. The Morgan fingerprint density at radius 3 is 2.86 bits per heavy atom. The highest BCUT2D eigenvalue weighted by Crippen LogP contribution is 2.31. The zero-order valence-electron chi connectivity index (χ0n) is 12.5. The van der Waals surface area contributed by atoms with Crippen LogP contribution < -0.4 is 0 Å². The zero-order valence-corrected chi connectivity index (χ0v) is 12.5. The third-order valence-corrected chi connectivity index (χ3v) is 3.49. The first kappa shape index (κ1) is 15.5. The summed E-state index contributed by atoms with van der Waals surface area (Å²) in [5.41, 5.74) is 0.693. The van der Waals surface area contributed by atoms with Crippen molar-refractivity contribution in [2.75, 3.05) is 13.2 Å². The van der Waals surface area contributed by atoms with E-state index < -0.39 is 18.1 Å². The van der Waals surface area contributed by atoms with Gasteiger partial charge in [0.2, 0.25) is 5.91 Å². The predicted molar refractivity (Wildman–Crippen MR) is 74.6 cm³/mol. The number of rotatable bonds is 5. The molecule has 2 atom stereocenters. The molecule has 7 heteroatoms. The number of amides is 1. The Morgan fingerprint density at radius 2 is 2.29 bits per heavy atom. The van der Waals surface area contributed by atoms with Crippen molar-refractivity contribution >= 4 is 11.9 Å². The van der Waals surface area contributed by atoms with Crippen molar-refractivity contribution in [1.29, 1.82) is 0 Å². The van der Waals surface area contributed by atoms with Crippen LogP contribution in [0.4, 0.5) is 0 Å². The Hall–Kier alpha value is -1.89. The van der Waals surface area contributed by atoms with Crippen LogP contribution in [-0.4, -0.2) is 50.9 Å². The summed E-state index contributed by atoms with van der Waals surface area (Å²) in [5, 5.41) is 13.6. The largest absolute Gasteiger partial charge is 0.479 e. The highest BCUT2D eigenvalue weighted by Gasteiger charge is 2.43. The maximum atomic E-state index is 12.2. The molecule has 116 valence electrons. The van der Waals surface area contributed by atoms with Crippen LogP contribution in [0.5, 0.6) is 0 Å². The number of morpholine rings is 1. The number of carbonyl (C=O) groups is 2. The van der Waals surface area contributed by atoms with Gasteiger partial charge in [0.05, 0.1) is 5.69 Å². The topological polar surface area (TPSA) is 84.7 Å². The van der Waals surface area contributed by atoms with E-state index in [4.69, 9.17) is 4.74 Å². The molecule has 0 bridgehead atoms. The molecule has 7 nitrogen and oxygen atoms in total. The Kier molecular flexibility index (Phi) is 4.62. The monoisotopic (exact) mass is 295 g/mol. The van der Waals surface area contributed by atoms with Gasteiger partial charge in [0, 0.05) is 19.3 Å². The number of carboxylic acid groups (broad SMARTS) is 1. The second kappa shape index (κ2) is 6.26. The lowest BCUT2D eigenvalue weighted by Crippen LogP contribution is -2.53. The normalized spacial score (nSPS) is 22.9. The molecule has 1 aliphatic heterocycles. The summed E-state index contributed by atoms with van der Waals surface area (Å²) in [4.78, 5) is 25.3. The van der Waals surface area contributed by atoms with Gasteiger partial charge in [-0.3, -0.25) is 9.48 Å². The van der Waals surface area contributed by atoms with Crippen molar-refractivity contribution in [2.45, 2.75) is 39.5 Å². The smallest absolute Gasteiger partial charge is 0.335 e. The number of aromatic nitrogens is 2. The molecule has 0 aliphatic carbocycles. The van der Waals surface area contributed by atoms with Gasteiger partial charge in [0.1, 0.15) is 12.6 Å². The molecule has 1 aliphatic rings. The molecule has 0 aromatic carbocycles. The lowest BCUT2D eigenvalue weighted by molar-refractivity contribution is -0.174. The van der Waals surface area contributed by atoms with Gasteiger partial charge in [-0.1, -0.05) is 13.8 Å². The van der Waals surface area contributed by atoms with Crippen LogP contribution in [0.25, 0.3) is 0 Å². The molecule has 1 aromatic rings. The number of carbonyl (C=O) groups excluding carboxylic acids is 1. The minimum atomic E-state index is -1.07. The van der Waals surface area contributed by atoms with Crippen molar-refractivity contribution < 1.29 is 19.4 Å². The molecule has 2 rings (SSSR count). The number of carboxylic acids is 1. The van der Waals surface area contributed by atoms with Gasteiger partial charge in [-0.05, 0) is 18.9 Å². The number of hydrogen-bond acceptors (Lipinski definition) is 4. The van der Waals surface area contributed by atoms with E-state index in [1.165, 1.54) is 0 Å². The first-order valence-electron chi connectivity index (χ1n) is 7.11. The quantitative estimate of drug-likeness (QED) is 0.873. The Bertz CT molecular complexity index is 526. The van der Waals surface area contributed by atoms with Gasteiger partial charge in [0.15, 0.2) is 6.10 Å². The lowest BCUT2D eigenvalue weighted by Gasteiger charge is -2.40. The summed E-state index contributed by atoms with van der Waals surface area (Å²) in [7, 11) is 0. The van der Waals surface area contributed by atoms with Crippen LogP contribution in [0.1, 0.15) is 32.5 Å². The van der Waals surface area contributed by atoms with Crippen LogP contribution in [0.2, 0.25) is 0 Å². The van der Waals surface area contributed by atoms with Crippen molar-refractivity contribution in [3.63, 3.8) is 0 Å². The minimum Gasteiger partial charge on any atom is -0.479 e. The molecular formula is C14H21N3O4. The fraction of sp³-hybridized carbons (Fsp3) is 0.643. The summed E-state index contributed by atoms with van der Waals surface area (Å²) in [5.74, 6) is -1.01. The Balaban J connectivity index is 2.43. The highest BCUT2D eigenvalue weighted by molar-refractivity contribution is 5.82. The van der Waals surface area contributed by atoms with E-state index in [-0.39, 0.29) is 18.4 Å². The number of aryl methyl sites for hydroxylation is 1. The SMILES string of the molecule is CCn1nccc1C1C(C(=O)O)OCC(=O)N1CC(C)C. The Morgan fingerprint density at radius 1 is 1.57 bits per heavy atom. The van der Waals surface area contributed by atoms with E-state index in [0.717, 1.165) is 0 Å². The van der Waals surface area contributed by atoms with Gasteiger partial charge < -0.3 is 14.7 Å². The van der Waals surface area contributed by atoms with E-state index in [1.54, 1.807) is 21.8 Å². The summed E-state index contributed by atoms with van der Waals surface area (Å²) in [6.07, 6.45) is 0.549. The molecule has 0 radical (unpaired) electrons. The molecule has 1 amide bonds. The van der Waals surface area contributed by atoms with Gasteiger partial charge in [-0.25, -0.2) is 4.79 Å². The number of aliphatic carboxylic acids is 1. The summed E-state index contributed by atoms with van der Waals surface area (Å²) in [6, 6.07) is 1.10. The van der Waals surface area contributed by atoms with Crippen molar-refractivity contribution in [1.82, 2.24) is 14.7 Å². The van der Waals surface area contributed by atoms with Gasteiger partial charge in [-0.2, -0.15) is 5.10 Å². The molecule has 1 fully saturated rings.